The zero-order chi connectivity index (χ0) is 14.8. The second-order valence-corrected chi connectivity index (χ2v) is 6.69. The topological polar surface area (TPSA) is 92.4 Å². The molecule has 0 spiro atoms. The maximum absolute atomic E-state index is 13.9. The number of benzene rings is 1. The first-order valence-corrected chi connectivity index (χ1v) is 7.96. The van der Waals surface area contributed by atoms with Crippen LogP contribution in [0.4, 0.5) is 10.1 Å². The molecule has 0 aromatic heterocycles. The van der Waals surface area contributed by atoms with E-state index in [0.29, 0.717) is 6.42 Å². The van der Waals surface area contributed by atoms with Gasteiger partial charge in [0.05, 0.1) is 21.8 Å². The highest BCUT2D eigenvalue weighted by Gasteiger charge is 2.26. The van der Waals surface area contributed by atoms with Gasteiger partial charge in [-0.15, -0.1) is 0 Å². The molecule has 0 fully saturated rings. The third kappa shape index (κ3) is 3.57. The summed E-state index contributed by atoms with van der Waals surface area (Å²) in [4.78, 5) is -0.648. The third-order valence-corrected chi connectivity index (χ3v) is 5.38. The predicted octanol–water partition coefficient (Wildman–Crippen LogP) is 1.87. The third-order valence-electron chi connectivity index (χ3n) is 2.48. The summed E-state index contributed by atoms with van der Waals surface area (Å²) in [5.74, 6) is -1.09. The van der Waals surface area contributed by atoms with E-state index in [-0.39, 0.29) is 15.2 Å². The summed E-state index contributed by atoms with van der Waals surface area (Å²) in [6.07, 6.45) is 0.358. The molecule has 0 amide bonds. The molecule has 9 heteroatoms. The van der Waals surface area contributed by atoms with Crippen LogP contribution in [0.5, 0.6) is 0 Å². The smallest absolute Gasteiger partial charge is 0.243 e. The number of halogens is 3. The summed E-state index contributed by atoms with van der Waals surface area (Å²) in [7, 11) is -4.15. The number of anilines is 1. The van der Waals surface area contributed by atoms with Crippen LogP contribution in [-0.4, -0.2) is 26.2 Å². The van der Waals surface area contributed by atoms with Crippen LogP contribution in [0.1, 0.15) is 13.3 Å². The summed E-state index contributed by atoms with van der Waals surface area (Å²) in [5.41, 5.74) is 5.04. The number of nitrogens with one attached hydrogen (secondary N) is 1. The molecular formula is C10H13BrClFN2O3S. The van der Waals surface area contributed by atoms with Crippen molar-refractivity contribution in [3.05, 3.63) is 21.4 Å². The second-order valence-electron chi connectivity index (χ2n) is 3.81. The first-order valence-electron chi connectivity index (χ1n) is 5.30. The molecule has 0 aliphatic heterocycles. The fourth-order valence-electron chi connectivity index (χ4n) is 1.33. The van der Waals surface area contributed by atoms with Gasteiger partial charge in [0.15, 0.2) is 5.82 Å². The van der Waals surface area contributed by atoms with Crippen molar-refractivity contribution in [2.75, 3.05) is 12.3 Å². The van der Waals surface area contributed by atoms with Crippen molar-refractivity contribution >= 4 is 43.2 Å². The average Bonchev–Trinajstić information content (AvgIpc) is 2.37. The van der Waals surface area contributed by atoms with Gasteiger partial charge in [0.2, 0.25) is 10.0 Å². The van der Waals surface area contributed by atoms with E-state index in [0.717, 1.165) is 6.07 Å². The summed E-state index contributed by atoms with van der Waals surface area (Å²) in [5, 5.41) is 8.96. The Bertz CT molecular complexity index is 579. The van der Waals surface area contributed by atoms with Gasteiger partial charge in [0.25, 0.3) is 0 Å². The van der Waals surface area contributed by atoms with Crippen LogP contribution in [0.2, 0.25) is 5.02 Å². The van der Waals surface area contributed by atoms with Gasteiger partial charge >= 0.3 is 0 Å². The molecule has 0 aliphatic carbocycles. The van der Waals surface area contributed by atoms with Crippen LogP contribution < -0.4 is 10.5 Å². The molecule has 1 aromatic carbocycles. The molecule has 0 heterocycles. The van der Waals surface area contributed by atoms with Crippen LogP contribution >= 0.6 is 27.5 Å². The van der Waals surface area contributed by atoms with Crippen molar-refractivity contribution in [3.63, 3.8) is 0 Å². The molecule has 108 valence electrons. The highest BCUT2D eigenvalue weighted by molar-refractivity contribution is 9.10. The number of nitrogen functional groups attached to an aromatic ring is 1. The standard InChI is InChI=1S/C10H13BrClFN2O3S/c1-2-5(4-16)15-19(17,18)7-3-6(12)8(11)10(14)9(7)13/h3,5,15-16H,2,4,14H2,1H3/t5-/m0/s1. The zero-order valence-electron chi connectivity index (χ0n) is 9.95. The Morgan fingerprint density at radius 1 is 1.63 bits per heavy atom. The lowest BCUT2D eigenvalue weighted by Gasteiger charge is -2.16. The Hall–Kier alpha value is -0.410. The van der Waals surface area contributed by atoms with E-state index in [2.05, 4.69) is 20.7 Å². The molecule has 0 aliphatic rings. The van der Waals surface area contributed by atoms with Crippen molar-refractivity contribution in [3.8, 4) is 0 Å². The van der Waals surface area contributed by atoms with Crippen LogP contribution in [0.3, 0.4) is 0 Å². The van der Waals surface area contributed by atoms with Gasteiger partial charge in [-0.1, -0.05) is 18.5 Å². The Morgan fingerprint density at radius 2 is 2.21 bits per heavy atom. The number of aliphatic hydroxyl groups excluding tert-OH is 1. The molecule has 0 saturated heterocycles. The van der Waals surface area contributed by atoms with Crippen LogP contribution in [0, 0.1) is 5.82 Å². The number of hydrogen-bond donors (Lipinski definition) is 3. The Labute approximate surface area is 124 Å². The molecule has 0 unspecified atom stereocenters. The monoisotopic (exact) mass is 374 g/mol. The average molecular weight is 376 g/mol. The molecule has 0 bridgehead atoms. The minimum Gasteiger partial charge on any atom is -0.395 e. The van der Waals surface area contributed by atoms with E-state index in [1.807, 2.05) is 0 Å². The van der Waals surface area contributed by atoms with Crippen molar-refractivity contribution in [1.29, 1.82) is 0 Å². The maximum Gasteiger partial charge on any atom is 0.243 e. The van der Waals surface area contributed by atoms with Crippen molar-refractivity contribution in [2.45, 2.75) is 24.3 Å². The molecule has 1 atom stereocenters. The first kappa shape index (κ1) is 16.6. The minimum atomic E-state index is -4.15. The molecule has 1 rings (SSSR count). The van der Waals surface area contributed by atoms with Crippen LogP contribution in [-0.2, 0) is 10.0 Å². The molecule has 0 radical (unpaired) electrons. The predicted molar refractivity (Wildman–Crippen MR) is 75.0 cm³/mol. The first-order chi connectivity index (χ1) is 8.74. The van der Waals surface area contributed by atoms with Gasteiger partial charge in [-0.25, -0.2) is 17.5 Å². The van der Waals surface area contributed by atoms with Gasteiger partial charge in [-0.05, 0) is 28.4 Å². The SMILES string of the molecule is CC[C@@H](CO)NS(=O)(=O)c1cc(Cl)c(Br)c(N)c1F. The molecule has 5 nitrogen and oxygen atoms in total. The molecule has 4 N–H and O–H groups in total. The van der Waals surface area contributed by atoms with Gasteiger partial charge in [0.1, 0.15) is 4.90 Å². The van der Waals surface area contributed by atoms with Gasteiger partial charge in [-0.3, -0.25) is 0 Å². The summed E-state index contributed by atoms with van der Waals surface area (Å²) in [6.45, 7) is 1.29. The zero-order valence-corrected chi connectivity index (χ0v) is 13.1. The van der Waals surface area contributed by atoms with E-state index in [1.165, 1.54) is 0 Å². The minimum absolute atomic E-state index is 0.0173. The van der Waals surface area contributed by atoms with Gasteiger partial charge in [0, 0.05) is 6.04 Å². The van der Waals surface area contributed by atoms with E-state index in [4.69, 9.17) is 22.4 Å². The number of hydrogen-bond acceptors (Lipinski definition) is 4. The molecule has 19 heavy (non-hydrogen) atoms. The lowest BCUT2D eigenvalue weighted by Crippen LogP contribution is -2.37. The largest absolute Gasteiger partial charge is 0.395 e. The fraction of sp³-hybridized carbons (Fsp3) is 0.400. The molecular weight excluding hydrogens is 363 g/mol. The molecule has 0 saturated carbocycles. The highest BCUT2D eigenvalue weighted by atomic mass is 79.9. The lowest BCUT2D eigenvalue weighted by atomic mass is 10.3. The number of aliphatic hydroxyl groups is 1. The number of nitrogens with two attached hydrogens (primary N) is 1. The number of rotatable bonds is 5. The van der Waals surface area contributed by atoms with Crippen LogP contribution in [0.15, 0.2) is 15.4 Å². The van der Waals surface area contributed by atoms with Gasteiger partial charge in [-0.2, -0.15) is 0 Å². The summed E-state index contributed by atoms with van der Waals surface area (Å²) < 4.78 is 40.2. The lowest BCUT2D eigenvalue weighted by molar-refractivity contribution is 0.253. The molecule has 1 aromatic rings. The van der Waals surface area contributed by atoms with E-state index >= 15 is 0 Å². The Morgan fingerprint density at radius 3 is 2.68 bits per heavy atom. The number of sulfonamides is 1. The second kappa shape index (κ2) is 6.36. The Balaban J connectivity index is 3.30. The van der Waals surface area contributed by atoms with E-state index < -0.39 is 33.4 Å². The maximum atomic E-state index is 13.9. The highest BCUT2D eigenvalue weighted by Crippen LogP contribution is 2.34. The van der Waals surface area contributed by atoms with E-state index in [9.17, 15) is 12.8 Å². The summed E-state index contributed by atoms with van der Waals surface area (Å²) >= 11 is 8.72. The normalized spacial score (nSPS) is 13.5. The van der Waals surface area contributed by atoms with Crippen molar-refractivity contribution < 1.29 is 17.9 Å². The quantitative estimate of drug-likeness (QED) is 0.541. The van der Waals surface area contributed by atoms with Crippen molar-refractivity contribution in [2.24, 2.45) is 0 Å². The van der Waals surface area contributed by atoms with Gasteiger partial charge < -0.3 is 10.8 Å². The van der Waals surface area contributed by atoms with E-state index in [1.54, 1.807) is 6.92 Å². The Kier molecular flexibility index (Phi) is 5.57. The summed E-state index contributed by atoms with van der Waals surface area (Å²) in [6, 6.07) is 0.261. The van der Waals surface area contributed by atoms with Crippen molar-refractivity contribution in [1.82, 2.24) is 4.72 Å². The van der Waals surface area contributed by atoms with Crippen LogP contribution in [0.25, 0.3) is 0 Å². The fourth-order valence-corrected chi connectivity index (χ4v) is 3.32.